The fourth-order valence-electron chi connectivity index (χ4n) is 3.02. The maximum atomic E-state index is 12.7. The number of hydrogen-bond donors (Lipinski definition) is 0. The van der Waals surface area contributed by atoms with E-state index in [1.54, 1.807) is 6.92 Å². The molecule has 1 fully saturated rings. The zero-order chi connectivity index (χ0) is 20.2. The monoisotopic (exact) mass is 393 g/mol. The number of carbonyl (C=O) groups excluding carboxylic acids is 2. The van der Waals surface area contributed by atoms with Gasteiger partial charge < -0.3 is 19.1 Å². The Morgan fingerprint density at radius 1 is 1.30 bits per heavy atom. The van der Waals surface area contributed by atoms with Gasteiger partial charge in [-0.2, -0.15) is 18.3 Å². The van der Waals surface area contributed by atoms with Crippen molar-refractivity contribution < 1.29 is 37.0 Å². The van der Waals surface area contributed by atoms with Crippen molar-refractivity contribution in [2.24, 2.45) is 0 Å². The summed E-state index contributed by atoms with van der Waals surface area (Å²) in [4.78, 5) is 25.0. The summed E-state index contributed by atoms with van der Waals surface area (Å²) in [5.74, 6) is -1.00. The molecule has 0 saturated carbocycles. The van der Waals surface area contributed by atoms with Gasteiger partial charge in [-0.05, 0) is 13.8 Å². The highest BCUT2D eigenvalue weighted by molar-refractivity contribution is 5.79. The first kappa shape index (κ1) is 21.2. The van der Waals surface area contributed by atoms with Crippen molar-refractivity contribution >= 4 is 11.9 Å². The number of nitrogens with zero attached hydrogens (tertiary/aromatic N) is 3. The smallest absolute Gasteiger partial charge is 0.408 e. The zero-order valence-electron chi connectivity index (χ0n) is 15.3. The van der Waals surface area contributed by atoms with Gasteiger partial charge in [-0.1, -0.05) is 0 Å². The van der Waals surface area contributed by atoms with Gasteiger partial charge >= 0.3 is 12.1 Å². The maximum Gasteiger partial charge on any atom is 0.408 e. The molecule has 0 aromatic carbocycles. The van der Waals surface area contributed by atoms with E-state index in [9.17, 15) is 22.8 Å². The number of carbonyl (C=O) groups is 2. The topological polar surface area (TPSA) is 82.9 Å². The third-order valence-electron chi connectivity index (χ3n) is 4.22. The molecule has 11 heteroatoms. The zero-order valence-corrected chi connectivity index (χ0v) is 15.3. The van der Waals surface area contributed by atoms with Gasteiger partial charge in [0, 0.05) is 17.8 Å². The standard InChI is InChI=1S/C16H22F3N3O5/c1-10-15(11(2)22(20-10)9-16(17,18)19)12-6-26-5-4-21(12)13(23)7-27-8-14(24)25-3/h12H,4-9H2,1-3H3. The number of alkyl halides is 3. The number of methoxy groups -OCH3 is 1. The highest BCUT2D eigenvalue weighted by atomic mass is 19.4. The SMILES string of the molecule is COC(=O)COCC(=O)N1CCOCC1c1c(C)nn(CC(F)(F)F)c1C. The Labute approximate surface area is 154 Å². The number of ether oxygens (including phenoxy) is 3. The van der Waals surface area contributed by atoms with Crippen molar-refractivity contribution in [3.05, 3.63) is 17.0 Å². The summed E-state index contributed by atoms with van der Waals surface area (Å²) >= 11 is 0. The molecule has 1 aliphatic rings. The lowest BCUT2D eigenvalue weighted by atomic mass is 10.0. The van der Waals surface area contributed by atoms with E-state index in [2.05, 4.69) is 9.84 Å². The van der Waals surface area contributed by atoms with Crippen LogP contribution in [-0.4, -0.2) is 72.8 Å². The van der Waals surface area contributed by atoms with Crippen molar-refractivity contribution in [3.8, 4) is 0 Å². The minimum Gasteiger partial charge on any atom is -0.467 e. The molecular weight excluding hydrogens is 371 g/mol. The van der Waals surface area contributed by atoms with Gasteiger partial charge in [0.1, 0.15) is 19.8 Å². The second kappa shape index (κ2) is 8.70. The summed E-state index contributed by atoms with van der Waals surface area (Å²) in [5.41, 5.74) is 1.26. The van der Waals surface area contributed by atoms with E-state index < -0.39 is 30.6 Å². The predicted molar refractivity (Wildman–Crippen MR) is 85.9 cm³/mol. The lowest BCUT2D eigenvalue weighted by Crippen LogP contribution is -2.45. The normalized spacial score (nSPS) is 17.9. The van der Waals surface area contributed by atoms with Crippen molar-refractivity contribution in [2.45, 2.75) is 32.6 Å². The van der Waals surface area contributed by atoms with Crippen molar-refractivity contribution in [1.29, 1.82) is 0 Å². The molecule has 1 amide bonds. The Morgan fingerprint density at radius 2 is 2.00 bits per heavy atom. The number of halogens is 3. The second-order valence-corrected chi connectivity index (χ2v) is 6.10. The van der Waals surface area contributed by atoms with Gasteiger partial charge in [-0.25, -0.2) is 4.79 Å². The van der Waals surface area contributed by atoms with Crippen LogP contribution >= 0.6 is 0 Å². The molecule has 152 valence electrons. The molecule has 1 aliphatic heterocycles. The van der Waals surface area contributed by atoms with Gasteiger partial charge in [0.05, 0.1) is 32.1 Å². The van der Waals surface area contributed by atoms with E-state index >= 15 is 0 Å². The van der Waals surface area contributed by atoms with E-state index in [0.717, 1.165) is 4.68 Å². The summed E-state index contributed by atoms with van der Waals surface area (Å²) in [6, 6.07) is -0.574. The minimum atomic E-state index is -4.40. The molecular formula is C16H22F3N3O5. The van der Waals surface area contributed by atoms with E-state index in [1.165, 1.54) is 18.9 Å². The lowest BCUT2D eigenvalue weighted by Gasteiger charge is -2.36. The first-order valence-electron chi connectivity index (χ1n) is 8.26. The number of hydrogen-bond acceptors (Lipinski definition) is 6. The third-order valence-corrected chi connectivity index (χ3v) is 4.22. The van der Waals surface area contributed by atoms with Crippen LogP contribution in [0.25, 0.3) is 0 Å². The highest BCUT2D eigenvalue weighted by Gasteiger charge is 2.35. The molecule has 0 aliphatic carbocycles. The quantitative estimate of drug-likeness (QED) is 0.675. The number of rotatable bonds is 6. The summed E-state index contributed by atoms with van der Waals surface area (Å²) in [6.45, 7) is 1.92. The summed E-state index contributed by atoms with van der Waals surface area (Å²) in [6.07, 6.45) is -4.40. The fourth-order valence-corrected chi connectivity index (χ4v) is 3.02. The Kier molecular flexibility index (Phi) is 6.82. The Hall–Kier alpha value is -2.14. The molecule has 8 nitrogen and oxygen atoms in total. The van der Waals surface area contributed by atoms with Crippen LogP contribution in [0.1, 0.15) is 23.0 Å². The maximum absolute atomic E-state index is 12.7. The molecule has 1 saturated heterocycles. The van der Waals surface area contributed by atoms with E-state index in [0.29, 0.717) is 23.6 Å². The molecule has 1 unspecified atom stereocenters. The van der Waals surface area contributed by atoms with E-state index in [1.807, 2.05) is 0 Å². The Bertz CT molecular complexity index is 690. The van der Waals surface area contributed by atoms with Crippen LogP contribution in [0, 0.1) is 13.8 Å². The number of aryl methyl sites for hydroxylation is 1. The highest BCUT2D eigenvalue weighted by Crippen LogP contribution is 2.31. The van der Waals surface area contributed by atoms with Crippen LogP contribution in [0.5, 0.6) is 0 Å². The van der Waals surface area contributed by atoms with Gasteiger partial charge in [0.25, 0.3) is 0 Å². The summed E-state index contributed by atoms with van der Waals surface area (Å²) < 4.78 is 54.0. The van der Waals surface area contributed by atoms with Crippen molar-refractivity contribution in [2.75, 3.05) is 40.1 Å². The predicted octanol–water partition coefficient (Wildman–Crippen LogP) is 1.15. The fraction of sp³-hybridized carbons (Fsp3) is 0.688. The van der Waals surface area contributed by atoms with Gasteiger partial charge in [-0.3, -0.25) is 9.48 Å². The first-order chi connectivity index (χ1) is 12.6. The average molecular weight is 393 g/mol. The van der Waals surface area contributed by atoms with E-state index in [-0.39, 0.29) is 26.4 Å². The van der Waals surface area contributed by atoms with Gasteiger partial charge in [-0.15, -0.1) is 0 Å². The van der Waals surface area contributed by atoms with Crippen LogP contribution in [0.4, 0.5) is 13.2 Å². The second-order valence-electron chi connectivity index (χ2n) is 6.10. The van der Waals surface area contributed by atoms with Crippen molar-refractivity contribution in [3.63, 3.8) is 0 Å². The van der Waals surface area contributed by atoms with Crippen LogP contribution in [-0.2, 0) is 30.3 Å². The first-order valence-corrected chi connectivity index (χ1v) is 8.26. The Balaban J connectivity index is 2.17. The molecule has 0 radical (unpaired) electrons. The minimum absolute atomic E-state index is 0.141. The molecule has 1 atom stereocenters. The van der Waals surface area contributed by atoms with E-state index in [4.69, 9.17) is 9.47 Å². The number of amides is 1. The molecule has 27 heavy (non-hydrogen) atoms. The summed E-state index contributed by atoms with van der Waals surface area (Å²) in [5, 5.41) is 3.97. The van der Waals surface area contributed by atoms with Crippen molar-refractivity contribution in [1.82, 2.24) is 14.7 Å². The third kappa shape index (κ3) is 5.42. The van der Waals surface area contributed by atoms with Crippen LogP contribution in [0.15, 0.2) is 0 Å². The molecule has 2 rings (SSSR count). The molecule has 2 heterocycles. The van der Waals surface area contributed by atoms with Gasteiger partial charge in [0.2, 0.25) is 5.91 Å². The molecule has 0 N–H and O–H groups in total. The molecule has 1 aromatic rings. The summed E-state index contributed by atoms with van der Waals surface area (Å²) in [7, 11) is 1.20. The molecule has 1 aromatic heterocycles. The number of aromatic nitrogens is 2. The molecule has 0 spiro atoms. The lowest BCUT2D eigenvalue weighted by molar-refractivity contribution is -0.152. The average Bonchev–Trinajstić information content (AvgIpc) is 2.86. The largest absolute Gasteiger partial charge is 0.467 e. The molecule has 0 bridgehead atoms. The van der Waals surface area contributed by atoms with Gasteiger partial charge in [0.15, 0.2) is 0 Å². The van der Waals surface area contributed by atoms with Crippen LogP contribution < -0.4 is 0 Å². The number of esters is 1. The number of morpholine rings is 1. The Morgan fingerprint density at radius 3 is 2.63 bits per heavy atom. The van der Waals surface area contributed by atoms with Crippen LogP contribution in [0.3, 0.4) is 0 Å². The van der Waals surface area contributed by atoms with Crippen LogP contribution in [0.2, 0.25) is 0 Å².